The first kappa shape index (κ1) is 15.2. The smallest absolute Gasteiger partial charge is 0.0496 e. The van der Waals surface area contributed by atoms with E-state index in [2.05, 4.69) is 63.9 Å². The van der Waals surface area contributed by atoms with Crippen molar-refractivity contribution in [1.82, 2.24) is 4.90 Å². The second-order valence-electron chi connectivity index (χ2n) is 5.35. The van der Waals surface area contributed by atoms with Crippen LogP contribution in [0, 0.1) is 6.92 Å². The highest BCUT2D eigenvalue weighted by Gasteiger charge is 2.25. The minimum Gasteiger partial charge on any atom is -0.326 e. The molecule has 0 spiro atoms. The van der Waals surface area contributed by atoms with Crippen molar-refractivity contribution in [3.05, 3.63) is 35.4 Å². The molecule has 2 nitrogen and oxygen atoms in total. The molecule has 0 aliphatic heterocycles. The summed E-state index contributed by atoms with van der Waals surface area (Å²) in [5.74, 6) is 0. The van der Waals surface area contributed by atoms with Crippen molar-refractivity contribution in [2.24, 2.45) is 5.73 Å². The van der Waals surface area contributed by atoms with Gasteiger partial charge in [0.25, 0.3) is 0 Å². The molecular formula is C16H28N2. The molecule has 0 saturated carbocycles. The van der Waals surface area contributed by atoms with Gasteiger partial charge < -0.3 is 5.73 Å². The molecule has 2 N–H and O–H groups in total. The molecule has 0 aliphatic carbocycles. The molecule has 0 amide bonds. The molecule has 1 aromatic rings. The SMILES string of the molecule is CCC(CC)N(C)C(c1cccc(C)c1)C(C)N. The van der Waals surface area contributed by atoms with E-state index in [0.29, 0.717) is 12.1 Å². The van der Waals surface area contributed by atoms with Gasteiger partial charge in [-0.3, -0.25) is 4.90 Å². The van der Waals surface area contributed by atoms with E-state index in [9.17, 15) is 0 Å². The van der Waals surface area contributed by atoms with Gasteiger partial charge in [-0.15, -0.1) is 0 Å². The molecule has 102 valence electrons. The highest BCUT2D eigenvalue weighted by atomic mass is 15.2. The number of hydrogen-bond acceptors (Lipinski definition) is 2. The first-order chi connectivity index (χ1) is 8.51. The molecule has 0 bridgehead atoms. The molecule has 18 heavy (non-hydrogen) atoms. The minimum atomic E-state index is 0.136. The van der Waals surface area contributed by atoms with E-state index >= 15 is 0 Å². The summed E-state index contributed by atoms with van der Waals surface area (Å²) < 4.78 is 0. The van der Waals surface area contributed by atoms with Gasteiger partial charge in [0.1, 0.15) is 0 Å². The van der Waals surface area contributed by atoms with Crippen molar-refractivity contribution in [2.75, 3.05) is 7.05 Å². The number of benzene rings is 1. The third kappa shape index (κ3) is 3.56. The number of rotatable bonds is 6. The van der Waals surface area contributed by atoms with Crippen LogP contribution in [0.2, 0.25) is 0 Å². The van der Waals surface area contributed by atoms with Gasteiger partial charge in [-0.1, -0.05) is 43.7 Å². The van der Waals surface area contributed by atoms with Gasteiger partial charge in [-0.25, -0.2) is 0 Å². The predicted molar refractivity (Wildman–Crippen MR) is 79.7 cm³/mol. The van der Waals surface area contributed by atoms with E-state index in [0.717, 1.165) is 0 Å². The van der Waals surface area contributed by atoms with E-state index in [4.69, 9.17) is 5.73 Å². The maximum atomic E-state index is 6.23. The Bertz CT molecular complexity index is 356. The zero-order chi connectivity index (χ0) is 13.7. The predicted octanol–water partition coefficient (Wildman–Crippen LogP) is 3.50. The van der Waals surface area contributed by atoms with Crippen LogP contribution in [-0.4, -0.2) is 24.0 Å². The van der Waals surface area contributed by atoms with Gasteiger partial charge >= 0.3 is 0 Å². The Morgan fingerprint density at radius 2 is 1.83 bits per heavy atom. The van der Waals surface area contributed by atoms with Crippen LogP contribution in [-0.2, 0) is 0 Å². The molecular weight excluding hydrogens is 220 g/mol. The van der Waals surface area contributed by atoms with Gasteiger partial charge in [0.15, 0.2) is 0 Å². The summed E-state index contributed by atoms with van der Waals surface area (Å²) in [5.41, 5.74) is 8.86. The molecule has 2 unspecified atom stereocenters. The first-order valence-electron chi connectivity index (χ1n) is 7.05. The highest BCUT2D eigenvalue weighted by Crippen LogP contribution is 2.26. The van der Waals surface area contributed by atoms with Crippen LogP contribution in [0.3, 0.4) is 0 Å². The Kier molecular flexibility index (Phi) is 5.83. The largest absolute Gasteiger partial charge is 0.326 e. The summed E-state index contributed by atoms with van der Waals surface area (Å²) in [6, 6.07) is 9.75. The number of aryl methyl sites for hydroxylation is 1. The molecule has 1 aromatic carbocycles. The lowest BCUT2D eigenvalue weighted by molar-refractivity contribution is 0.146. The van der Waals surface area contributed by atoms with E-state index in [-0.39, 0.29) is 6.04 Å². The van der Waals surface area contributed by atoms with Crippen LogP contribution in [0.4, 0.5) is 0 Å². The zero-order valence-electron chi connectivity index (χ0n) is 12.5. The Morgan fingerprint density at radius 3 is 2.28 bits per heavy atom. The fraction of sp³-hybridized carbons (Fsp3) is 0.625. The van der Waals surface area contributed by atoms with Crippen molar-refractivity contribution >= 4 is 0 Å². The lowest BCUT2D eigenvalue weighted by atomic mass is 9.95. The topological polar surface area (TPSA) is 29.3 Å². The standard InChI is InChI=1S/C16H28N2/c1-6-15(7-2)18(5)16(13(4)17)14-10-8-9-12(3)11-14/h8-11,13,15-16H,6-7,17H2,1-5H3. The van der Waals surface area contributed by atoms with Crippen molar-refractivity contribution in [3.8, 4) is 0 Å². The molecule has 2 atom stereocenters. The van der Waals surface area contributed by atoms with Crippen molar-refractivity contribution in [1.29, 1.82) is 0 Å². The summed E-state index contributed by atoms with van der Waals surface area (Å²) in [7, 11) is 2.20. The zero-order valence-corrected chi connectivity index (χ0v) is 12.5. The highest BCUT2D eigenvalue weighted by molar-refractivity contribution is 5.26. The fourth-order valence-corrected chi connectivity index (χ4v) is 2.86. The lowest BCUT2D eigenvalue weighted by Gasteiger charge is -2.37. The number of hydrogen-bond donors (Lipinski definition) is 1. The van der Waals surface area contributed by atoms with Crippen LogP contribution in [0.15, 0.2) is 24.3 Å². The van der Waals surface area contributed by atoms with Crippen molar-refractivity contribution < 1.29 is 0 Å². The molecule has 2 heteroatoms. The van der Waals surface area contributed by atoms with E-state index < -0.39 is 0 Å². The molecule has 0 radical (unpaired) electrons. The van der Waals surface area contributed by atoms with Crippen LogP contribution in [0.1, 0.15) is 50.8 Å². The maximum Gasteiger partial charge on any atom is 0.0496 e. The monoisotopic (exact) mass is 248 g/mol. The third-order valence-corrected chi connectivity index (χ3v) is 3.84. The van der Waals surface area contributed by atoms with Gasteiger partial charge in [-0.05, 0) is 39.3 Å². The summed E-state index contributed by atoms with van der Waals surface area (Å²) >= 11 is 0. The number of nitrogens with zero attached hydrogens (tertiary/aromatic N) is 1. The molecule has 1 rings (SSSR count). The summed E-state index contributed by atoms with van der Waals surface area (Å²) in [6.45, 7) is 8.74. The van der Waals surface area contributed by atoms with Crippen LogP contribution < -0.4 is 5.73 Å². The molecule has 0 aromatic heterocycles. The molecule has 0 heterocycles. The number of likely N-dealkylation sites (N-methyl/N-ethyl adjacent to an activating group) is 1. The van der Waals surface area contributed by atoms with E-state index in [1.807, 2.05) is 0 Å². The van der Waals surface area contributed by atoms with E-state index in [1.54, 1.807) is 0 Å². The van der Waals surface area contributed by atoms with Crippen molar-refractivity contribution in [3.63, 3.8) is 0 Å². The molecule has 0 fully saturated rings. The van der Waals surface area contributed by atoms with Crippen molar-refractivity contribution in [2.45, 2.75) is 58.7 Å². The first-order valence-corrected chi connectivity index (χ1v) is 7.05. The number of nitrogens with two attached hydrogens (primary N) is 1. The maximum absolute atomic E-state index is 6.23. The Hall–Kier alpha value is -0.860. The molecule has 0 saturated heterocycles. The average molecular weight is 248 g/mol. The van der Waals surface area contributed by atoms with Crippen LogP contribution in [0.5, 0.6) is 0 Å². The Balaban J connectivity index is 3.02. The lowest BCUT2D eigenvalue weighted by Crippen LogP contribution is -2.42. The Labute approximate surface area is 112 Å². The third-order valence-electron chi connectivity index (χ3n) is 3.84. The van der Waals surface area contributed by atoms with Gasteiger partial charge in [0.05, 0.1) is 0 Å². The van der Waals surface area contributed by atoms with E-state index in [1.165, 1.54) is 24.0 Å². The fourth-order valence-electron chi connectivity index (χ4n) is 2.86. The molecule has 0 aliphatic rings. The Morgan fingerprint density at radius 1 is 1.22 bits per heavy atom. The second kappa shape index (κ2) is 6.91. The van der Waals surface area contributed by atoms with Gasteiger partial charge in [-0.2, -0.15) is 0 Å². The van der Waals surface area contributed by atoms with Gasteiger partial charge in [0.2, 0.25) is 0 Å². The second-order valence-corrected chi connectivity index (χ2v) is 5.35. The van der Waals surface area contributed by atoms with Gasteiger partial charge in [0, 0.05) is 18.1 Å². The van der Waals surface area contributed by atoms with Crippen LogP contribution >= 0.6 is 0 Å². The average Bonchev–Trinajstić information content (AvgIpc) is 2.30. The summed E-state index contributed by atoms with van der Waals surface area (Å²) in [5, 5.41) is 0. The van der Waals surface area contributed by atoms with Crippen LogP contribution in [0.25, 0.3) is 0 Å². The normalized spacial score (nSPS) is 15.1. The summed E-state index contributed by atoms with van der Waals surface area (Å²) in [4.78, 5) is 2.44. The summed E-state index contributed by atoms with van der Waals surface area (Å²) in [6.07, 6.45) is 2.34. The minimum absolute atomic E-state index is 0.136. The quantitative estimate of drug-likeness (QED) is 0.835.